The van der Waals surface area contributed by atoms with Gasteiger partial charge in [0.05, 0.1) is 38.0 Å². The van der Waals surface area contributed by atoms with Crippen LogP contribution in [0.3, 0.4) is 0 Å². The number of halogens is 1. The average Bonchev–Trinajstić information content (AvgIpc) is 3.60. The summed E-state index contributed by atoms with van der Waals surface area (Å²) in [4.78, 5) is 39.7. The molecule has 2 aromatic carbocycles. The number of rotatable bonds is 12. The number of aromatic nitrogens is 3. The number of hydrogen-bond acceptors (Lipinski definition) is 9. The zero-order valence-electron chi connectivity index (χ0n) is 24.4. The number of amides is 2. The summed E-state index contributed by atoms with van der Waals surface area (Å²) >= 11 is 2.57. The van der Waals surface area contributed by atoms with Gasteiger partial charge in [-0.3, -0.25) is 14.2 Å². The van der Waals surface area contributed by atoms with Gasteiger partial charge < -0.3 is 20.1 Å². The third-order valence-corrected chi connectivity index (χ3v) is 9.12. The quantitative estimate of drug-likeness (QED) is 0.162. The smallest absolute Gasteiger partial charge is 0.341 e. The lowest BCUT2D eigenvalue weighted by Crippen LogP contribution is -2.26. The molecule has 0 unspecified atom stereocenters. The number of benzene rings is 2. The Bertz CT molecular complexity index is 1640. The minimum Gasteiger partial charge on any atom is -0.497 e. The van der Waals surface area contributed by atoms with Gasteiger partial charge in [-0.25, -0.2) is 9.18 Å². The van der Waals surface area contributed by atoms with E-state index in [0.717, 1.165) is 53.4 Å². The Morgan fingerprint density at radius 3 is 2.50 bits per heavy atom. The van der Waals surface area contributed by atoms with E-state index in [0.29, 0.717) is 33.0 Å². The molecular formula is C31H32FN5O5S2. The lowest BCUT2D eigenvalue weighted by atomic mass is 9.95. The SMILES string of the molecule is CCOC(=O)c1c(NC(=O)CSc2nnc(CNC(=O)Cc3ccc(OC)cc3)n2-c2ccc(F)cc2)sc2c1CCCC2. The molecule has 0 saturated carbocycles. The average molecular weight is 638 g/mol. The maximum Gasteiger partial charge on any atom is 0.341 e. The highest BCUT2D eigenvalue weighted by atomic mass is 32.2. The molecule has 2 heterocycles. The molecule has 2 N–H and O–H groups in total. The van der Waals surface area contributed by atoms with Crippen LogP contribution >= 0.6 is 23.1 Å². The molecule has 2 amide bonds. The molecule has 4 aromatic rings. The van der Waals surface area contributed by atoms with Crippen molar-refractivity contribution in [3.05, 3.63) is 81.7 Å². The second-order valence-electron chi connectivity index (χ2n) is 9.98. The molecular weight excluding hydrogens is 606 g/mol. The largest absolute Gasteiger partial charge is 0.497 e. The number of carbonyl (C=O) groups is 3. The van der Waals surface area contributed by atoms with Crippen LogP contribution in [0.15, 0.2) is 53.7 Å². The molecule has 230 valence electrons. The standard InChI is InChI=1S/C31H32FN5O5S2/c1-3-42-30(40)28-23-6-4-5-7-24(23)44-29(28)34-27(39)18-43-31-36-35-25(37(31)21-12-10-20(32)11-13-21)17-33-26(38)16-19-8-14-22(41-2)15-9-19/h8-15H,3-7,16-18H2,1-2H3,(H,33,38)(H,34,39). The molecule has 13 heteroatoms. The summed E-state index contributed by atoms with van der Waals surface area (Å²) < 4.78 is 25.9. The van der Waals surface area contributed by atoms with Crippen molar-refractivity contribution in [2.45, 2.75) is 50.7 Å². The second-order valence-corrected chi connectivity index (χ2v) is 12.0. The number of aryl methyl sites for hydroxylation is 1. The summed E-state index contributed by atoms with van der Waals surface area (Å²) in [5.74, 6) is -0.262. The Kier molecular flexibility index (Phi) is 10.3. The van der Waals surface area contributed by atoms with Gasteiger partial charge in [0.15, 0.2) is 11.0 Å². The summed E-state index contributed by atoms with van der Waals surface area (Å²) in [5.41, 5.74) is 2.82. The zero-order chi connectivity index (χ0) is 31.1. The third-order valence-electron chi connectivity index (χ3n) is 6.99. The van der Waals surface area contributed by atoms with Gasteiger partial charge in [0.25, 0.3) is 0 Å². The van der Waals surface area contributed by atoms with Gasteiger partial charge in [-0.1, -0.05) is 23.9 Å². The molecule has 0 aliphatic heterocycles. The van der Waals surface area contributed by atoms with Crippen molar-refractivity contribution >= 4 is 45.9 Å². The Morgan fingerprint density at radius 1 is 1.02 bits per heavy atom. The number of thiophene rings is 1. The van der Waals surface area contributed by atoms with Crippen molar-refractivity contribution < 1.29 is 28.2 Å². The summed E-state index contributed by atoms with van der Waals surface area (Å²) in [7, 11) is 1.58. The van der Waals surface area contributed by atoms with Crippen LogP contribution in [0.4, 0.5) is 9.39 Å². The molecule has 1 aliphatic rings. The monoisotopic (exact) mass is 637 g/mol. The number of carbonyl (C=O) groups excluding carboxylic acids is 3. The van der Waals surface area contributed by atoms with Crippen molar-refractivity contribution in [1.29, 1.82) is 0 Å². The van der Waals surface area contributed by atoms with E-state index >= 15 is 0 Å². The van der Waals surface area contributed by atoms with Gasteiger partial charge in [0.2, 0.25) is 11.8 Å². The fourth-order valence-electron chi connectivity index (χ4n) is 4.89. The van der Waals surface area contributed by atoms with Gasteiger partial charge in [-0.15, -0.1) is 21.5 Å². The van der Waals surface area contributed by atoms with Crippen molar-refractivity contribution in [2.24, 2.45) is 0 Å². The fourth-order valence-corrected chi connectivity index (χ4v) is 6.96. The number of esters is 1. The van der Waals surface area contributed by atoms with Gasteiger partial charge in [-0.2, -0.15) is 0 Å². The van der Waals surface area contributed by atoms with Crippen molar-refractivity contribution in [2.75, 3.05) is 24.8 Å². The van der Waals surface area contributed by atoms with Crippen LogP contribution in [-0.2, 0) is 40.1 Å². The Hall–Kier alpha value is -4.23. The first-order valence-corrected chi connectivity index (χ1v) is 16.0. The highest BCUT2D eigenvalue weighted by Crippen LogP contribution is 2.38. The van der Waals surface area contributed by atoms with E-state index in [1.165, 1.54) is 23.5 Å². The molecule has 0 radical (unpaired) electrons. The lowest BCUT2D eigenvalue weighted by Gasteiger charge is -2.12. The Balaban J connectivity index is 1.29. The zero-order valence-corrected chi connectivity index (χ0v) is 26.0. The van der Waals surface area contributed by atoms with E-state index in [2.05, 4.69) is 20.8 Å². The first-order chi connectivity index (χ1) is 21.4. The predicted molar refractivity (Wildman–Crippen MR) is 166 cm³/mol. The van der Waals surface area contributed by atoms with Crippen LogP contribution in [-0.4, -0.2) is 52.0 Å². The van der Waals surface area contributed by atoms with E-state index in [1.807, 2.05) is 12.1 Å². The molecule has 0 saturated heterocycles. The minimum atomic E-state index is -0.426. The van der Waals surface area contributed by atoms with Gasteiger partial charge in [0, 0.05) is 10.6 Å². The van der Waals surface area contributed by atoms with E-state index in [1.54, 1.807) is 42.9 Å². The predicted octanol–water partition coefficient (Wildman–Crippen LogP) is 5.12. The maximum absolute atomic E-state index is 13.7. The van der Waals surface area contributed by atoms with Crippen molar-refractivity contribution in [3.8, 4) is 11.4 Å². The molecule has 2 aromatic heterocycles. The number of thioether (sulfide) groups is 1. The number of ether oxygens (including phenoxy) is 2. The molecule has 10 nitrogen and oxygen atoms in total. The molecule has 1 aliphatic carbocycles. The minimum absolute atomic E-state index is 0.0199. The highest BCUT2D eigenvalue weighted by molar-refractivity contribution is 7.99. The van der Waals surface area contributed by atoms with E-state index in [-0.39, 0.29) is 37.1 Å². The van der Waals surface area contributed by atoms with Crippen LogP contribution in [0.5, 0.6) is 5.75 Å². The van der Waals surface area contributed by atoms with Crippen LogP contribution in [0, 0.1) is 5.82 Å². The fraction of sp³-hybridized carbons (Fsp3) is 0.323. The van der Waals surface area contributed by atoms with Crippen LogP contribution in [0.1, 0.15) is 52.0 Å². The normalized spacial score (nSPS) is 12.3. The van der Waals surface area contributed by atoms with Crippen LogP contribution < -0.4 is 15.4 Å². The first kappa shape index (κ1) is 31.2. The number of methoxy groups -OCH3 is 1. The molecule has 44 heavy (non-hydrogen) atoms. The second kappa shape index (κ2) is 14.5. The Morgan fingerprint density at radius 2 is 1.77 bits per heavy atom. The number of nitrogens with zero attached hydrogens (tertiary/aromatic N) is 3. The van der Waals surface area contributed by atoms with E-state index in [9.17, 15) is 18.8 Å². The van der Waals surface area contributed by atoms with E-state index in [4.69, 9.17) is 9.47 Å². The number of nitrogens with one attached hydrogen (secondary N) is 2. The molecule has 0 spiro atoms. The van der Waals surface area contributed by atoms with Crippen molar-refractivity contribution in [3.63, 3.8) is 0 Å². The molecule has 0 fully saturated rings. The van der Waals surface area contributed by atoms with Crippen LogP contribution in [0.25, 0.3) is 5.69 Å². The molecule has 0 atom stereocenters. The highest BCUT2D eigenvalue weighted by Gasteiger charge is 2.27. The van der Waals surface area contributed by atoms with E-state index < -0.39 is 11.8 Å². The van der Waals surface area contributed by atoms with Crippen LogP contribution in [0.2, 0.25) is 0 Å². The number of anilines is 1. The summed E-state index contributed by atoms with van der Waals surface area (Å²) in [6.45, 7) is 2.06. The number of fused-ring (bicyclic) bond motifs is 1. The third kappa shape index (κ3) is 7.45. The molecule has 0 bridgehead atoms. The van der Waals surface area contributed by atoms with Gasteiger partial charge >= 0.3 is 5.97 Å². The topological polar surface area (TPSA) is 124 Å². The maximum atomic E-state index is 13.7. The van der Waals surface area contributed by atoms with Gasteiger partial charge in [0.1, 0.15) is 16.6 Å². The molecule has 5 rings (SSSR count). The lowest BCUT2D eigenvalue weighted by molar-refractivity contribution is -0.120. The summed E-state index contributed by atoms with van der Waals surface area (Å²) in [5, 5.41) is 15.2. The summed E-state index contributed by atoms with van der Waals surface area (Å²) in [6, 6.07) is 13.0. The summed E-state index contributed by atoms with van der Waals surface area (Å²) in [6.07, 6.45) is 3.85. The van der Waals surface area contributed by atoms with Crippen molar-refractivity contribution in [1.82, 2.24) is 20.1 Å². The van der Waals surface area contributed by atoms with Gasteiger partial charge in [-0.05, 0) is 80.1 Å². The first-order valence-electron chi connectivity index (χ1n) is 14.2. The number of hydrogen-bond donors (Lipinski definition) is 2. The Labute approximate surface area is 262 Å².